The number of ether oxygens (including phenoxy) is 2. The molecule has 1 aliphatic heterocycles. The molecule has 2 heterocycles. The molecule has 4 aromatic rings. The summed E-state index contributed by atoms with van der Waals surface area (Å²) in [7, 11) is -1.14. The highest BCUT2D eigenvalue weighted by Gasteiger charge is 2.37. The second-order valence-electron chi connectivity index (χ2n) is 10.4. The topological polar surface area (TPSA) is 153 Å². The van der Waals surface area contributed by atoms with Crippen molar-refractivity contribution in [2.75, 3.05) is 43.4 Å². The number of nitrogens with one attached hydrogen (secondary N) is 2. The number of hydrogen-bond acceptors (Lipinski definition) is 9. The fourth-order valence-electron chi connectivity index (χ4n) is 5.51. The Bertz CT molecular complexity index is 1850. The van der Waals surface area contributed by atoms with E-state index in [9.17, 15) is 22.4 Å². The van der Waals surface area contributed by atoms with E-state index in [2.05, 4.69) is 20.4 Å². The number of nitrogen functional groups attached to an aromatic ring is 1. The van der Waals surface area contributed by atoms with E-state index >= 15 is 0 Å². The molecule has 44 heavy (non-hydrogen) atoms. The molecular formula is C31H32FN5O6S. The van der Waals surface area contributed by atoms with Crippen LogP contribution in [0.3, 0.4) is 0 Å². The van der Waals surface area contributed by atoms with E-state index in [1.165, 1.54) is 44.6 Å². The lowest BCUT2D eigenvalue weighted by molar-refractivity contribution is -0.133. The summed E-state index contributed by atoms with van der Waals surface area (Å²) in [6.07, 6.45) is 3.06. The van der Waals surface area contributed by atoms with Gasteiger partial charge in [0.1, 0.15) is 11.9 Å². The van der Waals surface area contributed by atoms with Gasteiger partial charge in [-0.15, -0.1) is 0 Å². The quantitative estimate of drug-likeness (QED) is 0.245. The van der Waals surface area contributed by atoms with Gasteiger partial charge in [-0.3, -0.25) is 10.1 Å². The second-order valence-corrected chi connectivity index (χ2v) is 12.4. The Hall–Kier alpha value is -4.91. The molecule has 2 amide bonds. The maximum absolute atomic E-state index is 14.5. The number of nitrogens with zero attached hydrogens (tertiary/aromatic N) is 2. The van der Waals surface area contributed by atoms with Gasteiger partial charge in [-0.2, -0.15) is 0 Å². The predicted molar refractivity (Wildman–Crippen MR) is 165 cm³/mol. The van der Waals surface area contributed by atoms with Crippen LogP contribution in [0.5, 0.6) is 5.75 Å². The second kappa shape index (κ2) is 12.4. The van der Waals surface area contributed by atoms with E-state index in [1.807, 2.05) is 6.07 Å². The van der Waals surface area contributed by atoms with Crippen molar-refractivity contribution in [1.82, 2.24) is 9.88 Å². The molecule has 0 unspecified atom stereocenters. The Morgan fingerprint density at radius 3 is 2.57 bits per heavy atom. The minimum Gasteiger partial charge on any atom is -0.494 e. The van der Waals surface area contributed by atoms with Gasteiger partial charge in [-0.25, -0.2) is 22.6 Å². The number of nitrogens with two attached hydrogens (primary N) is 1. The lowest BCUT2D eigenvalue weighted by Gasteiger charge is -2.31. The molecule has 0 radical (unpaired) electrons. The van der Waals surface area contributed by atoms with Crippen molar-refractivity contribution in [3.63, 3.8) is 0 Å². The van der Waals surface area contributed by atoms with Gasteiger partial charge in [0.25, 0.3) is 0 Å². The summed E-state index contributed by atoms with van der Waals surface area (Å²) in [6, 6.07) is 14.2. The molecule has 0 saturated carbocycles. The van der Waals surface area contributed by atoms with Gasteiger partial charge in [-0.1, -0.05) is 6.07 Å². The number of benzene rings is 3. The molecule has 5 rings (SSSR count). The zero-order chi connectivity index (χ0) is 31.6. The lowest BCUT2D eigenvalue weighted by atomic mass is 10.0. The van der Waals surface area contributed by atoms with E-state index in [0.29, 0.717) is 47.7 Å². The molecule has 0 spiro atoms. The lowest BCUT2D eigenvalue weighted by Crippen LogP contribution is -2.38. The molecule has 1 aliphatic rings. The number of halogens is 1. The van der Waals surface area contributed by atoms with Crippen molar-refractivity contribution in [2.45, 2.75) is 29.8 Å². The Morgan fingerprint density at radius 2 is 1.84 bits per heavy atom. The van der Waals surface area contributed by atoms with E-state index in [4.69, 9.17) is 10.5 Å². The highest BCUT2D eigenvalue weighted by atomic mass is 32.2. The van der Waals surface area contributed by atoms with Crippen LogP contribution in [-0.4, -0.2) is 57.3 Å². The highest BCUT2D eigenvalue weighted by molar-refractivity contribution is 7.90. The molecule has 13 heteroatoms. The average molecular weight is 622 g/mol. The number of amides is 2. The van der Waals surface area contributed by atoms with Crippen molar-refractivity contribution in [2.24, 2.45) is 0 Å². The molecule has 230 valence electrons. The molecule has 1 aromatic heterocycles. The van der Waals surface area contributed by atoms with Crippen molar-refractivity contribution >= 4 is 49.8 Å². The standard InChI is InChI=1S/C31H32FN5O6S/c1-42-26-16-19(6-10-24(26)32)28(35-20-7-9-22-18(15-20)12-13-34-29(22)33)30(38)37-14-4-5-25(37)23-17-21(36-31(39)43-2)8-11-27(23)44(3,40)41/h6-13,15-17,25,28,35H,4-5,14H2,1-3H3,(H2,33,34)(H,36,39)/t25-,28-/m1/s1. The van der Waals surface area contributed by atoms with Crippen molar-refractivity contribution < 1.29 is 31.9 Å². The zero-order valence-electron chi connectivity index (χ0n) is 24.3. The van der Waals surface area contributed by atoms with Crippen LogP contribution in [0.1, 0.15) is 36.1 Å². The van der Waals surface area contributed by atoms with Crippen LogP contribution in [0, 0.1) is 5.82 Å². The Morgan fingerprint density at radius 1 is 1.07 bits per heavy atom. The molecule has 0 bridgehead atoms. The number of pyridine rings is 1. The number of carbonyl (C=O) groups excluding carboxylic acids is 2. The number of hydrogen-bond donors (Lipinski definition) is 3. The maximum Gasteiger partial charge on any atom is 0.411 e. The summed E-state index contributed by atoms with van der Waals surface area (Å²) >= 11 is 0. The summed E-state index contributed by atoms with van der Waals surface area (Å²) in [5.41, 5.74) is 7.75. The molecular weight excluding hydrogens is 589 g/mol. The molecule has 4 N–H and O–H groups in total. The number of fused-ring (bicyclic) bond motifs is 1. The Balaban J connectivity index is 1.57. The fourth-order valence-corrected chi connectivity index (χ4v) is 6.45. The average Bonchev–Trinajstić information content (AvgIpc) is 3.49. The van der Waals surface area contributed by atoms with Gasteiger partial charge >= 0.3 is 6.09 Å². The molecule has 2 atom stereocenters. The number of aromatic nitrogens is 1. The van der Waals surface area contributed by atoms with Crippen molar-refractivity contribution in [3.05, 3.63) is 83.8 Å². The van der Waals surface area contributed by atoms with Crippen LogP contribution < -0.4 is 21.1 Å². The zero-order valence-corrected chi connectivity index (χ0v) is 25.2. The summed E-state index contributed by atoms with van der Waals surface area (Å²) < 4.78 is 49.9. The van der Waals surface area contributed by atoms with Gasteiger partial charge in [0, 0.05) is 35.8 Å². The van der Waals surface area contributed by atoms with Crippen LogP contribution in [0.4, 0.5) is 26.4 Å². The van der Waals surface area contributed by atoms with E-state index < -0.39 is 33.8 Å². The van der Waals surface area contributed by atoms with Gasteiger partial charge < -0.3 is 25.4 Å². The smallest absolute Gasteiger partial charge is 0.411 e. The Kier molecular flexibility index (Phi) is 8.59. The highest BCUT2D eigenvalue weighted by Crippen LogP contribution is 2.40. The number of rotatable bonds is 8. The van der Waals surface area contributed by atoms with Gasteiger partial charge in [-0.05, 0) is 84.0 Å². The molecule has 11 nitrogen and oxygen atoms in total. The summed E-state index contributed by atoms with van der Waals surface area (Å²) in [4.78, 5) is 32.1. The van der Waals surface area contributed by atoms with Crippen LogP contribution >= 0.6 is 0 Å². The molecule has 1 saturated heterocycles. The third-order valence-electron chi connectivity index (χ3n) is 7.60. The largest absolute Gasteiger partial charge is 0.494 e. The van der Waals surface area contributed by atoms with Crippen LogP contribution in [0.25, 0.3) is 10.8 Å². The van der Waals surface area contributed by atoms with Crippen LogP contribution in [-0.2, 0) is 19.4 Å². The summed E-state index contributed by atoms with van der Waals surface area (Å²) in [5.74, 6) is -0.599. The Labute approximate surface area is 254 Å². The van der Waals surface area contributed by atoms with Gasteiger partial charge in [0.15, 0.2) is 21.4 Å². The first-order chi connectivity index (χ1) is 21.0. The first-order valence-corrected chi connectivity index (χ1v) is 15.6. The number of methoxy groups -OCH3 is 2. The van der Waals surface area contributed by atoms with E-state index in [1.54, 1.807) is 35.4 Å². The number of carbonyl (C=O) groups is 2. The first-order valence-electron chi connectivity index (χ1n) is 13.7. The predicted octanol–water partition coefficient (Wildman–Crippen LogP) is 5.06. The SMILES string of the molecule is COC(=O)Nc1ccc(S(C)(=O)=O)c([C@H]2CCCN2C(=O)[C@H](Nc2ccc3c(N)nccc3c2)c2ccc(F)c(OC)c2)c1. The molecule has 1 fully saturated rings. The molecule has 3 aromatic carbocycles. The van der Waals surface area contributed by atoms with Crippen LogP contribution in [0.2, 0.25) is 0 Å². The van der Waals surface area contributed by atoms with Gasteiger partial charge in [0.2, 0.25) is 5.91 Å². The third kappa shape index (κ3) is 6.23. The maximum atomic E-state index is 14.5. The summed E-state index contributed by atoms with van der Waals surface area (Å²) in [6.45, 7) is 0.345. The normalized spacial score (nSPS) is 15.5. The van der Waals surface area contributed by atoms with E-state index in [-0.39, 0.29) is 16.6 Å². The van der Waals surface area contributed by atoms with Crippen LogP contribution in [0.15, 0.2) is 71.8 Å². The monoisotopic (exact) mass is 621 g/mol. The number of sulfone groups is 1. The first kappa shape index (κ1) is 30.5. The fraction of sp³-hybridized carbons (Fsp3) is 0.258. The minimum absolute atomic E-state index is 0.0293. The van der Waals surface area contributed by atoms with Crippen molar-refractivity contribution in [3.8, 4) is 5.75 Å². The van der Waals surface area contributed by atoms with Crippen molar-refractivity contribution in [1.29, 1.82) is 0 Å². The number of anilines is 3. The van der Waals surface area contributed by atoms with Gasteiger partial charge in [0.05, 0.1) is 25.2 Å². The van der Waals surface area contributed by atoms with E-state index in [0.717, 1.165) is 17.0 Å². The summed E-state index contributed by atoms with van der Waals surface area (Å²) in [5, 5.41) is 7.41. The minimum atomic E-state index is -3.70. The third-order valence-corrected chi connectivity index (χ3v) is 8.77. The number of likely N-dealkylation sites (tertiary alicyclic amines) is 1. The molecule has 0 aliphatic carbocycles.